The summed E-state index contributed by atoms with van der Waals surface area (Å²) in [7, 11) is 0. The molecule has 1 amide bonds. The lowest BCUT2D eigenvalue weighted by Crippen LogP contribution is -2.18. The molecule has 1 heterocycles. The molecule has 1 aliphatic heterocycles. The Hall–Kier alpha value is -0.900. The Labute approximate surface area is 84.0 Å². The van der Waals surface area contributed by atoms with Crippen LogP contribution in [0.15, 0.2) is 21.8 Å². The lowest BCUT2D eigenvalue weighted by Gasteiger charge is -2.16. The number of nitrogens with one attached hydrogen (secondary N) is 1. The molecule has 68 valence electrons. The van der Waals surface area contributed by atoms with E-state index in [4.69, 9.17) is 0 Å². The van der Waals surface area contributed by atoms with Crippen LogP contribution in [0.5, 0.6) is 0 Å². The van der Waals surface area contributed by atoms with E-state index in [9.17, 15) is 9.59 Å². The largest absolute Gasteiger partial charge is 0.322 e. The van der Waals surface area contributed by atoms with Crippen LogP contribution in [-0.4, -0.2) is 11.7 Å². The zero-order valence-electron chi connectivity index (χ0n) is 7.06. The molecule has 3 nitrogen and oxygen atoms in total. The zero-order chi connectivity index (χ0) is 9.59. The molecular weight excluding hydrogens is 234 g/mol. The first-order valence-corrected chi connectivity index (χ1v) is 4.82. The van der Waals surface area contributed by atoms with Gasteiger partial charge in [0.05, 0.1) is 5.92 Å². The molecule has 2 rings (SSSR count). The minimum absolute atomic E-state index is 0.256. The van der Waals surface area contributed by atoms with E-state index in [0.717, 1.165) is 15.8 Å². The van der Waals surface area contributed by atoms with Crippen LogP contribution in [0, 0.1) is 5.92 Å². The Bertz CT molecular complexity index is 368. The molecule has 1 aliphatic carbocycles. The third kappa shape index (κ3) is 1.16. The molecule has 4 heteroatoms. The summed E-state index contributed by atoms with van der Waals surface area (Å²) >= 11 is 3.37. The highest BCUT2D eigenvalue weighted by Gasteiger charge is 2.38. The summed E-state index contributed by atoms with van der Waals surface area (Å²) in [5, 5.41) is 2.61. The van der Waals surface area contributed by atoms with Gasteiger partial charge in [-0.05, 0) is 18.9 Å². The summed E-state index contributed by atoms with van der Waals surface area (Å²) in [5.41, 5.74) is 1.72. The molecule has 1 atom stereocenters. The first-order valence-electron chi connectivity index (χ1n) is 4.03. The number of ketones is 1. The Morgan fingerprint density at radius 2 is 2.23 bits per heavy atom. The number of carbonyl (C=O) groups is 2. The van der Waals surface area contributed by atoms with Crippen LogP contribution >= 0.6 is 15.9 Å². The summed E-state index contributed by atoms with van der Waals surface area (Å²) in [4.78, 5) is 22.4. The van der Waals surface area contributed by atoms with E-state index in [-0.39, 0.29) is 11.7 Å². The molecule has 0 saturated carbocycles. The van der Waals surface area contributed by atoms with Gasteiger partial charge >= 0.3 is 0 Å². The Balaban J connectivity index is 2.47. The summed E-state index contributed by atoms with van der Waals surface area (Å²) < 4.78 is 0.966. The van der Waals surface area contributed by atoms with Crippen molar-refractivity contribution in [2.75, 3.05) is 0 Å². The van der Waals surface area contributed by atoms with Gasteiger partial charge in [-0.1, -0.05) is 22.0 Å². The van der Waals surface area contributed by atoms with Gasteiger partial charge < -0.3 is 5.32 Å². The van der Waals surface area contributed by atoms with Crippen LogP contribution in [0.2, 0.25) is 0 Å². The summed E-state index contributed by atoms with van der Waals surface area (Å²) in [6, 6.07) is 0. The fraction of sp³-hybridized carbons (Fsp3) is 0.333. The van der Waals surface area contributed by atoms with Crippen molar-refractivity contribution in [2.24, 2.45) is 5.92 Å². The highest BCUT2D eigenvalue weighted by atomic mass is 79.9. The van der Waals surface area contributed by atoms with Gasteiger partial charge in [-0.25, -0.2) is 0 Å². The predicted molar refractivity (Wildman–Crippen MR) is 51.0 cm³/mol. The van der Waals surface area contributed by atoms with E-state index in [1.807, 2.05) is 13.0 Å². The average molecular weight is 242 g/mol. The maximum absolute atomic E-state index is 11.3. The van der Waals surface area contributed by atoms with Gasteiger partial charge in [-0.3, -0.25) is 9.59 Å². The Kier molecular flexibility index (Phi) is 1.87. The molecule has 0 spiro atoms. The number of fused-ring (bicyclic) bond motifs is 1. The van der Waals surface area contributed by atoms with Crippen molar-refractivity contribution < 1.29 is 9.59 Å². The van der Waals surface area contributed by atoms with Crippen LogP contribution in [0.3, 0.4) is 0 Å². The molecule has 13 heavy (non-hydrogen) atoms. The number of Topliss-reactive ketones (excluding diaryl/α,β-unsaturated/α-hetero) is 1. The third-order valence-corrected chi connectivity index (χ3v) is 3.35. The van der Waals surface area contributed by atoms with Crippen molar-refractivity contribution >= 4 is 27.6 Å². The molecule has 1 N–H and O–H groups in total. The van der Waals surface area contributed by atoms with Crippen molar-refractivity contribution in [1.29, 1.82) is 0 Å². The average Bonchev–Trinajstić information content (AvgIpc) is 2.38. The second kappa shape index (κ2) is 2.80. The van der Waals surface area contributed by atoms with Gasteiger partial charge in [-0.2, -0.15) is 0 Å². The van der Waals surface area contributed by atoms with Crippen LogP contribution in [-0.2, 0) is 9.59 Å². The molecule has 1 unspecified atom stereocenters. The van der Waals surface area contributed by atoms with Gasteiger partial charge in [0.2, 0.25) is 5.78 Å². The molecule has 0 radical (unpaired) electrons. The number of amides is 1. The molecular formula is C9H8BrNO2. The minimum Gasteiger partial charge on any atom is -0.322 e. The molecule has 1 saturated heterocycles. The lowest BCUT2D eigenvalue weighted by atomic mass is 9.92. The topological polar surface area (TPSA) is 46.2 Å². The van der Waals surface area contributed by atoms with E-state index >= 15 is 0 Å². The molecule has 0 aromatic heterocycles. The molecule has 2 aliphatic rings. The summed E-state index contributed by atoms with van der Waals surface area (Å²) in [5.74, 6) is -1.05. The number of hydrogen-bond donors (Lipinski definition) is 1. The number of allylic oxidation sites excluding steroid dienone is 4. The highest BCUT2D eigenvalue weighted by molar-refractivity contribution is 9.12. The monoisotopic (exact) mass is 241 g/mol. The number of rotatable bonds is 0. The van der Waals surface area contributed by atoms with Crippen molar-refractivity contribution in [3.05, 3.63) is 21.8 Å². The summed E-state index contributed by atoms with van der Waals surface area (Å²) in [6.07, 6.45) is 2.55. The Morgan fingerprint density at radius 3 is 2.92 bits per heavy atom. The van der Waals surface area contributed by atoms with Crippen LogP contribution < -0.4 is 5.32 Å². The van der Waals surface area contributed by atoms with Gasteiger partial charge in [0, 0.05) is 10.2 Å². The van der Waals surface area contributed by atoms with Crippen LogP contribution in [0.25, 0.3) is 0 Å². The Morgan fingerprint density at radius 1 is 1.54 bits per heavy atom. The van der Waals surface area contributed by atoms with Crippen LogP contribution in [0.1, 0.15) is 13.3 Å². The number of hydrogen-bond acceptors (Lipinski definition) is 2. The first kappa shape index (κ1) is 8.69. The van der Waals surface area contributed by atoms with Crippen molar-refractivity contribution in [2.45, 2.75) is 13.3 Å². The zero-order valence-corrected chi connectivity index (χ0v) is 8.64. The van der Waals surface area contributed by atoms with Gasteiger partial charge in [0.1, 0.15) is 0 Å². The maximum Gasteiger partial charge on any atom is 0.292 e. The van der Waals surface area contributed by atoms with E-state index in [2.05, 4.69) is 21.2 Å². The van der Waals surface area contributed by atoms with Crippen molar-refractivity contribution in [3.63, 3.8) is 0 Å². The maximum atomic E-state index is 11.3. The highest BCUT2D eigenvalue weighted by Crippen LogP contribution is 2.34. The third-order valence-electron chi connectivity index (χ3n) is 2.43. The fourth-order valence-corrected chi connectivity index (χ4v) is 2.04. The summed E-state index contributed by atoms with van der Waals surface area (Å²) in [6.45, 7) is 1.89. The molecule has 0 aromatic rings. The number of carbonyl (C=O) groups excluding carboxylic acids is 2. The number of halogens is 1. The fourth-order valence-electron chi connectivity index (χ4n) is 1.64. The normalized spacial score (nSPS) is 27.2. The van der Waals surface area contributed by atoms with E-state index in [1.165, 1.54) is 0 Å². The lowest BCUT2D eigenvalue weighted by molar-refractivity contribution is -0.136. The minimum atomic E-state index is -0.477. The molecule has 0 aromatic carbocycles. The van der Waals surface area contributed by atoms with Crippen LogP contribution in [0.4, 0.5) is 0 Å². The SMILES string of the molecule is CC1=C2NC(=O)C(=O)C2CC=C1Br. The van der Waals surface area contributed by atoms with Gasteiger partial charge in [0.25, 0.3) is 5.91 Å². The van der Waals surface area contributed by atoms with E-state index in [1.54, 1.807) is 0 Å². The smallest absolute Gasteiger partial charge is 0.292 e. The van der Waals surface area contributed by atoms with E-state index < -0.39 is 5.91 Å². The van der Waals surface area contributed by atoms with Crippen molar-refractivity contribution in [1.82, 2.24) is 5.32 Å². The second-order valence-electron chi connectivity index (χ2n) is 3.20. The second-order valence-corrected chi connectivity index (χ2v) is 4.05. The quantitative estimate of drug-likeness (QED) is 0.650. The standard InChI is InChI=1S/C9H8BrNO2/c1-4-6(10)3-2-5-7(4)11-9(13)8(5)12/h3,5H,2H2,1H3,(H,11,13). The first-order chi connectivity index (χ1) is 6.11. The predicted octanol–water partition coefficient (Wildman–Crippen LogP) is 1.26. The van der Waals surface area contributed by atoms with Gasteiger partial charge in [0.15, 0.2) is 0 Å². The molecule has 0 bridgehead atoms. The van der Waals surface area contributed by atoms with Crippen molar-refractivity contribution in [3.8, 4) is 0 Å². The molecule has 1 fully saturated rings. The van der Waals surface area contributed by atoms with E-state index in [0.29, 0.717) is 6.42 Å². The van der Waals surface area contributed by atoms with Gasteiger partial charge in [-0.15, -0.1) is 0 Å².